The number of hydrazine groups is 1. The van der Waals surface area contributed by atoms with Crippen LogP contribution < -0.4 is 16.6 Å². The number of hydrogen-bond donors (Lipinski definition) is 3. The first kappa shape index (κ1) is 13.0. The van der Waals surface area contributed by atoms with Gasteiger partial charge in [0, 0.05) is 23.6 Å². The number of carbonyl (C=O) groups excluding carboxylic acids is 1. The molecule has 1 aromatic heterocycles. The van der Waals surface area contributed by atoms with E-state index < -0.39 is 5.91 Å². The first-order chi connectivity index (χ1) is 9.13. The number of halogens is 1. The number of pyridine rings is 1. The molecule has 19 heavy (non-hydrogen) atoms. The second kappa shape index (κ2) is 5.45. The maximum atomic E-state index is 13.4. The van der Waals surface area contributed by atoms with Crippen molar-refractivity contribution in [2.24, 2.45) is 5.84 Å². The van der Waals surface area contributed by atoms with Gasteiger partial charge in [0.25, 0.3) is 5.91 Å². The van der Waals surface area contributed by atoms with Crippen LogP contribution in [0, 0.1) is 12.7 Å². The summed E-state index contributed by atoms with van der Waals surface area (Å²) < 4.78 is 13.4. The average molecular weight is 260 g/mol. The summed E-state index contributed by atoms with van der Waals surface area (Å²) >= 11 is 0. The van der Waals surface area contributed by atoms with E-state index in [2.05, 4.69) is 15.7 Å². The number of nitrogen functional groups attached to an aromatic ring is 1. The van der Waals surface area contributed by atoms with E-state index in [1.54, 1.807) is 19.1 Å². The molecule has 0 saturated carbocycles. The third kappa shape index (κ3) is 2.69. The van der Waals surface area contributed by atoms with Crippen LogP contribution in [0.25, 0.3) is 0 Å². The van der Waals surface area contributed by atoms with E-state index in [1.807, 2.05) is 0 Å². The molecule has 0 fully saturated rings. The van der Waals surface area contributed by atoms with E-state index >= 15 is 0 Å². The minimum Gasteiger partial charge on any atom is -0.323 e. The van der Waals surface area contributed by atoms with Crippen molar-refractivity contribution in [1.29, 1.82) is 0 Å². The van der Waals surface area contributed by atoms with Gasteiger partial charge in [-0.2, -0.15) is 0 Å². The van der Waals surface area contributed by atoms with Crippen LogP contribution in [0.15, 0.2) is 36.7 Å². The van der Waals surface area contributed by atoms with E-state index in [0.717, 1.165) is 0 Å². The molecule has 0 spiro atoms. The van der Waals surface area contributed by atoms with Crippen molar-refractivity contribution in [3.63, 3.8) is 0 Å². The lowest BCUT2D eigenvalue weighted by Gasteiger charge is -2.11. The molecule has 0 unspecified atom stereocenters. The van der Waals surface area contributed by atoms with Crippen LogP contribution in [0.4, 0.5) is 15.8 Å². The summed E-state index contributed by atoms with van der Waals surface area (Å²) in [6, 6.07) is 6.07. The molecule has 0 aliphatic carbocycles. The van der Waals surface area contributed by atoms with Crippen molar-refractivity contribution in [2.75, 3.05) is 10.7 Å². The molecule has 4 N–H and O–H groups in total. The van der Waals surface area contributed by atoms with Gasteiger partial charge < -0.3 is 10.7 Å². The molecular weight excluding hydrogens is 247 g/mol. The molecule has 1 amide bonds. The molecule has 0 radical (unpaired) electrons. The third-order valence-electron chi connectivity index (χ3n) is 2.74. The van der Waals surface area contributed by atoms with Crippen LogP contribution in [0.1, 0.15) is 15.9 Å². The number of nitrogens with one attached hydrogen (secondary N) is 2. The molecule has 2 aromatic rings. The van der Waals surface area contributed by atoms with Gasteiger partial charge in [0.05, 0.1) is 11.3 Å². The van der Waals surface area contributed by atoms with Crippen molar-refractivity contribution < 1.29 is 9.18 Å². The molecule has 0 bridgehead atoms. The van der Waals surface area contributed by atoms with Gasteiger partial charge in [0.1, 0.15) is 5.82 Å². The zero-order chi connectivity index (χ0) is 13.8. The molecule has 0 aliphatic heterocycles. The van der Waals surface area contributed by atoms with Gasteiger partial charge in [-0.05, 0) is 25.1 Å². The number of aromatic nitrogens is 1. The first-order valence-electron chi connectivity index (χ1n) is 5.60. The molecule has 0 saturated heterocycles. The monoisotopic (exact) mass is 260 g/mol. The molecule has 5 nitrogen and oxygen atoms in total. The number of benzene rings is 1. The summed E-state index contributed by atoms with van der Waals surface area (Å²) in [4.78, 5) is 16.0. The van der Waals surface area contributed by atoms with Crippen LogP contribution in [0.5, 0.6) is 0 Å². The average Bonchev–Trinajstić information content (AvgIpc) is 2.43. The maximum Gasteiger partial charge on any atom is 0.259 e. The van der Waals surface area contributed by atoms with Gasteiger partial charge in [0.15, 0.2) is 0 Å². The Balaban J connectivity index is 2.28. The van der Waals surface area contributed by atoms with E-state index in [1.165, 1.54) is 24.5 Å². The van der Waals surface area contributed by atoms with Crippen molar-refractivity contribution in [2.45, 2.75) is 6.92 Å². The standard InChI is InChI=1S/C13H13FN4O/c1-8-10(14)3-2-4-11(8)17-13(19)9-7-16-6-5-12(9)18-15/h2-7H,15H2,1H3,(H,16,18)(H,17,19). The van der Waals surface area contributed by atoms with Gasteiger partial charge in [-0.1, -0.05) is 6.07 Å². The summed E-state index contributed by atoms with van der Waals surface area (Å²) in [5, 5.41) is 2.63. The normalized spacial score (nSPS) is 10.1. The lowest BCUT2D eigenvalue weighted by Crippen LogP contribution is -2.18. The van der Waals surface area contributed by atoms with Gasteiger partial charge in [-0.25, -0.2) is 4.39 Å². The minimum absolute atomic E-state index is 0.286. The quantitative estimate of drug-likeness (QED) is 0.583. The molecule has 98 valence electrons. The summed E-state index contributed by atoms with van der Waals surface area (Å²) in [5.41, 5.74) is 3.94. The molecule has 1 aromatic carbocycles. The van der Waals surface area contributed by atoms with E-state index in [4.69, 9.17) is 5.84 Å². The Kier molecular flexibility index (Phi) is 3.72. The Morgan fingerprint density at radius 2 is 2.11 bits per heavy atom. The number of rotatable bonds is 3. The summed E-state index contributed by atoms with van der Waals surface area (Å²) in [7, 11) is 0. The van der Waals surface area contributed by atoms with E-state index in [0.29, 0.717) is 16.9 Å². The highest BCUT2D eigenvalue weighted by Crippen LogP contribution is 2.20. The molecule has 0 atom stereocenters. The van der Waals surface area contributed by atoms with Crippen LogP contribution in [0.3, 0.4) is 0 Å². The number of carbonyl (C=O) groups is 1. The first-order valence-corrected chi connectivity index (χ1v) is 5.60. The van der Waals surface area contributed by atoms with Crippen molar-refractivity contribution in [3.05, 3.63) is 53.6 Å². The van der Waals surface area contributed by atoms with Crippen LogP contribution in [-0.2, 0) is 0 Å². The molecule has 2 rings (SSSR count). The Bertz CT molecular complexity index is 615. The van der Waals surface area contributed by atoms with Gasteiger partial charge >= 0.3 is 0 Å². The Hall–Kier alpha value is -2.47. The van der Waals surface area contributed by atoms with Crippen LogP contribution in [-0.4, -0.2) is 10.9 Å². The summed E-state index contributed by atoms with van der Waals surface area (Å²) in [6.07, 6.45) is 2.90. The number of hydrogen-bond acceptors (Lipinski definition) is 4. The van der Waals surface area contributed by atoms with Crippen molar-refractivity contribution in [3.8, 4) is 0 Å². The largest absolute Gasteiger partial charge is 0.323 e. The van der Waals surface area contributed by atoms with Gasteiger partial charge in [-0.3, -0.25) is 15.6 Å². The fraction of sp³-hybridized carbons (Fsp3) is 0.0769. The van der Waals surface area contributed by atoms with Crippen molar-refractivity contribution >= 4 is 17.3 Å². The number of nitrogens with zero attached hydrogens (tertiary/aromatic N) is 1. The SMILES string of the molecule is Cc1c(F)cccc1NC(=O)c1cnccc1NN. The lowest BCUT2D eigenvalue weighted by molar-refractivity contribution is 0.102. The lowest BCUT2D eigenvalue weighted by atomic mass is 10.1. The summed E-state index contributed by atoms with van der Waals surface area (Å²) in [6.45, 7) is 1.59. The predicted octanol–water partition coefficient (Wildman–Crippen LogP) is 2.07. The molecule has 0 aliphatic rings. The Labute approximate surface area is 109 Å². The maximum absolute atomic E-state index is 13.4. The van der Waals surface area contributed by atoms with Gasteiger partial charge in [-0.15, -0.1) is 0 Å². The number of amides is 1. The highest BCUT2D eigenvalue weighted by molar-refractivity contribution is 6.08. The second-order valence-corrected chi connectivity index (χ2v) is 3.93. The van der Waals surface area contributed by atoms with Gasteiger partial charge in [0.2, 0.25) is 0 Å². The Morgan fingerprint density at radius 1 is 1.32 bits per heavy atom. The third-order valence-corrected chi connectivity index (χ3v) is 2.74. The smallest absolute Gasteiger partial charge is 0.259 e. The zero-order valence-electron chi connectivity index (χ0n) is 10.3. The van der Waals surface area contributed by atoms with E-state index in [9.17, 15) is 9.18 Å². The molecule has 1 heterocycles. The van der Waals surface area contributed by atoms with Crippen LogP contribution in [0.2, 0.25) is 0 Å². The molecule has 6 heteroatoms. The highest BCUT2D eigenvalue weighted by Gasteiger charge is 2.13. The predicted molar refractivity (Wildman–Crippen MR) is 71.1 cm³/mol. The number of nitrogens with two attached hydrogens (primary N) is 1. The summed E-state index contributed by atoms with van der Waals surface area (Å²) in [5.74, 6) is 4.54. The second-order valence-electron chi connectivity index (χ2n) is 3.93. The Morgan fingerprint density at radius 3 is 2.84 bits per heavy atom. The van der Waals surface area contributed by atoms with Crippen LogP contribution >= 0.6 is 0 Å². The molecular formula is C13H13FN4O. The topological polar surface area (TPSA) is 80.0 Å². The number of anilines is 2. The zero-order valence-corrected chi connectivity index (χ0v) is 10.3. The highest BCUT2D eigenvalue weighted by atomic mass is 19.1. The fourth-order valence-corrected chi connectivity index (χ4v) is 1.63. The fourth-order valence-electron chi connectivity index (χ4n) is 1.63. The van der Waals surface area contributed by atoms with E-state index in [-0.39, 0.29) is 11.4 Å². The minimum atomic E-state index is -0.408. The van der Waals surface area contributed by atoms with Crippen molar-refractivity contribution in [1.82, 2.24) is 4.98 Å².